The van der Waals surface area contributed by atoms with Crippen LogP contribution in [0.4, 0.5) is 5.69 Å². The molecule has 1 rings (SSSR count). The van der Waals surface area contributed by atoms with Crippen LogP contribution in [0.1, 0.15) is 50.9 Å². The van der Waals surface area contributed by atoms with Crippen molar-refractivity contribution < 1.29 is 18.3 Å². The molecule has 1 aromatic carbocycles. The summed E-state index contributed by atoms with van der Waals surface area (Å²) >= 11 is 0. The van der Waals surface area contributed by atoms with Crippen LogP contribution >= 0.6 is 0 Å². The Bertz CT molecular complexity index is 641. The van der Waals surface area contributed by atoms with Crippen LogP contribution in [0.3, 0.4) is 0 Å². The van der Waals surface area contributed by atoms with Crippen LogP contribution in [0.15, 0.2) is 23.1 Å². The first kappa shape index (κ1) is 19.4. The molecule has 0 spiro atoms. The van der Waals surface area contributed by atoms with E-state index in [0.29, 0.717) is 12.2 Å². The molecule has 0 heterocycles. The van der Waals surface area contributed by atoms with E-state index in [-0.39, 0.29) is 22.4 Å². The van der Waals surface area contributed by atoms with E-state index in [1.807, 2.05) is 27.7 Å². The Balaban J connectivity index is 3.10. The van der Waals surface area contributed by atoms with Crippen LogP contribution in [-0.2, 0) is 10.0 Å². The fourth-order valence-electron chi connectivity index (χ4n) is 2.12. The Labute approximate surface area is 138 Å². The highest BCUT2D eigenvalue weighted by molar-refractivity contribution is 7.89. The molecule has 0 aliphatic carbocycles. The number of sulfonamides is 1. The van der Waals surface area contributed by atoms with Gasteiger partial charge in [-0.25, -0.2) is 17.9 Å². The first-order valence-electron chi connectivity index (χ1n) is 7.81. The monoisotopic (exact) mass is 342 g/mol. The number of hydrogen-bond donors (Lipinski definition) is 3. The number of carboxylic acid groups (broad SMARTS) is 1. The average molecular weight is 342 g/mol. The quantitative estimate of drug-likeness (QED) is 0.641. The summed E-state index contributed by atoms with van der Waals surface area (Å²) in [6, 6.07) is 4.25. The second-order valence-corrected chi connectivity index (χ2v) is 7.86. The summed E-state index contributed by atoms with van der Waals surface area (Å²) in [5, 5.41) is 12.5. The molecule has 7 heteroatoms. The lowest BCUT2D eigenvalue weighted by Gasteiger charge is -2.17. The summed E-state index contributed by atoms with van der Waals surface area (Å²) in [6.45, 7) is 8.11. The predicted molar refractivity (Wildman–Crippen MR) is 91.4 cm³/mol. The molecular weight excluding hydrogens is 316 g/mol. The van der Waals surface area contributed by atoms with Gasteiger partial charge in [0.25, 0.3) is 0 Å². The Morgan fingerprint density at radius 2 is 1.91 bits per heavy atom. The molecule has 0 fully saturated rings. The van der Waals surface area contributed by atoms with Crippen LogP contribution in [0.25, 0.3) is 0 Å². The third kappa shape index (κ3) is 5.84. The lowest BCUT2D eigenvalue weighted by molar-refractivity contribution is 0.0697. The van der Waals surface area contributed by atoms with E-state index in [2.05, 4.69) is 10.0 Å². The van der Waals surface area contributed by atoms with Crippen molar-refractivity contribution in [3.8, 4) is 0 Å². The normalized spacial score (nSPS) is 13.1. The molecule has 0 saturated heterocycles. The van der Waals surface area contributed by atoms with Gasteiger partial charge >= 0.3 is 5.97 Å². The van der Waals surface area contributed by atoms with Gasteiger partial charge in [-0.15, -0.1) is 0 Å². The van der Waals surface area contributed by atoms with Gasteiger partial charge in [0.2, 0.25) is 10.0 Å². The van der Waals surface area contributed by atoms with Crippen molar-refractivity contribution in [2.45, 2.75) is 51.5 Å². The standard InChI is InChI=1S/C16H26N2O4S/c1-5-6-12(4)18-15-8-7-13(9-14(15)16(19)20)23(21,22)17-10-11(2)3/h7-9,11-12,17-18H,5-6,10H2,1-4H3,(H,19,20). The number of nitrogens with one attached hydrogen (secondary N) is 2. The minimum atomic E-state index is -3.71. The van der Waals surface area contributed by atoms with Crippen molar-refractivity contribution in [3.05, 3.63) is 23.8 Å². The zero-order chi connectivity index (χ0) is 17.6. The van der Waals surface area contributed by atoms with E-state index in [0.717, 1.165) is 12.8 Å². The van der Waals surface area contributed by atoms with Crippen LogP contribution in [-0.4, -0.2) is 32.1 Å². The van der Waals surface area contributed by atoms with Crippen molar-refractivity contribution >= 4 is 21.7 Å². The van der Waals surface area contributed by atoms with Gasteiger partial charge in [-0.3, -0.25) is 0 Å². The summed E-state index contributed by atoms with van der Waals surface area (Å²) in [5.41, 5.74) is 0.390. The van der Waals surface area contributed by atoms with Gasteiger partial charge in [0.05, 0.1) is 10.5 Å². The van der Waals surface area contributed by atoms with Crippen LogP contribution in [0, 0.1) is 5.92 Å². The fraction of sp³-hybridized carbons (Fsp3) is 0.562. The molecule has 3 N–H and O–H groups in total. The SMILES string of the molecule is CCCC(C)Nc1ccc(S(=O)(=O)NCC(C)C)cc1C(=O)O. The van der Waals surface area contributed by atoms with E-state index in [9.17, 15) is 18.3 Å². The van der Waals surface area contributed by atoms with E-state index < -0.39 is 16.0 Å². The topological polar surface area (TPSA) is 95.5 Å². The molecule has 0 saturated carbocycles. The van der Waals surface area contributed by atoms with Crippen LogP contribution in [0.2, 0.25) is 0 Å². The van der Waals surface area contributed by atoms with Crippen molar-refractivity contribution in [3.63, 3.8) is 0 Å². The van der Waals surface area contributed by atoms with Crippen molar-refractivity contribution in [2.75, 3.05) is 11.9 Å². The fourth-order valence-corrected chi connectivity index (χ4v) is 3.36. The molecule has 1 atom stereocenters. The van der Waals surface area contributed by atoms with E-state index >= 15 is 0 Å². The molecule has 0 radical (unpaired) electrons. The van der Waals surface area contributed by atoms with Crippen molar-refractivity contribution in [2.24, 2.45) is 5.92 Å². The molecule has 0 aliphatic rings. The van der Waals surface area contributed by atoms with Gasteiger partial charge in [0.15, 0.2) is 0 Å². The number of carboxylic acids is 1. The highest BCUT2D eigenvalue weighted by Crippen LogP contribution is 2.22. The molecule has 23 heavy (non-hydrogen) atoms. The summed E-state index contributed by atoms with van der Waals surface area (Å²) in [6.07, 6.45) is 1.87. The van der Waals surface area contributed by atoms with Gasteiger partial charge < -0.3 is 10.4 Å². The summed E-state index contributed by atoms with van der Waals surface area (Å²) in [7, 11) is -3.71. The minimum Gasteiger partial charge on any atom is -0.478 e. The Morgan fingerprint density at radius 1 is 1.26 bits per heavy atom. The number of benzene rings is 1. The highest BCUT2D eigenvalue weighted by atomic mass is 32.2. The molecule has 0 amide bonds. The van der Waals surface area contributed by atoms with Gasteiger partial charge in [-0.2, -0.15) is 0 Å². The summed E-state index contributed by atoms with van der Waals surface area (Å²) < 4.78 is 26.9. The summed E-state index contributed by atoms with van der Waals surface area (Å²) in [4.78, 5) is 11.4. The smallest absolute Gasteiger partial charge is 0.337 e. The molecular formula is C16H26N2O4S. The summed E-state index contributed by atoms with van der Waals surface area (Å²) in [5.74, 6) is -0.989. The number of rotatable bonds is 9. The third-order valence-corrected chi connectivity index (χ3v) is 4.76. The number of anilines is 1. The second-order valence-electron chi connectivity index (χ2n) is 6.09. The van der Waals surface area contributed by atoms with Gasteiger partial charge in [0.1, 0.15) is 0 Å². The molecule has 0 aromatic heterocycles. The molecule has 130 valence electrons. The maximum Gasteiger partial charge on any atom is 0.337 e. The van der Waals surface area contributed by atoms with E-state index in [1.165, 1.54) is 18.2 Å². The zero-order valence-corrected chi connectivity index (χ0v) is 14.9. The number of carbonyl (C=O) groups is 1. The second kappa shape index (κ2) is 8.31. The first-order chi connectivity index (χ1) is 10.7. The molecule has 1 aromatic rings. The Hall–Kier alpha value is -1.60. The largest absolute Gasteiger partial charge is 0.478 e. The van der Waals surface area contributed by atoms with E-state index in [4.69, 9.17) is 0 Å². The highest BCUT2D eigenvalue weighted by Gasteiger charge is 2.19. The van der Waals surface area contributed by atoms with E-state index in [1.54, 1.807) is 0 Å². The van der Waals surface area contributed by atoms with Gasteiger partial charge in [0, 0.05) is 18.3 Å². The van der Waals surface area contributed by atoms with Gasteiger partial charge in [-0.05, 0) is 37.5 Å². The number of hydrogen-bond acceptors (Lipinski definition) is 4. The number of aromatic carboxylic acids is 1. The minimum absolute atomic E-state index is 0.0377. The van der Waals surface area contributed by atoms with Gasteiger partial charge in [-0.1, -0.05) is 27.2 Å². The molecule has 1 unspecified atom stereocenters. The molecule has 0 bridgehead atoms. The molecule has 6 nitrogen and oxygen atoms in total. The third-order valence-electron chi connectivity index (χ3n) is 3.34. The van der Waals surface area contributed by atoms with Crippen molar-refractivity contribution in [1.82, 2.24) is 4.72 Å². The van der Waals surface area contributed by atoms with Crippen LogP contribution < -0.4 is 10.0 Å². The zero-order valence-electron chi connectivity index (χ0n) is 14.1. The maximum absolute atomic E-state index is 12.2. The van der Waals surface area contributed by atoms with Crippen LogP contribution in [0.5, 0.6) is 0 Å². The van der Waals surface area contributed by atoms with Crippen molar-refractivity contribution in [1.29, 1.82) is 0 Å². The first-order valence-corrected chi connectivity index (χ1v) is 9.29. The predicted octanol–water partition coefficient (Wildman–Crippen LogP) is 2.92. The Morgan fingerprint density at radius 3 is 2.43 bits per heavy atom. The lowest BCUT2D eigenvalue weighted by atomic mass is 10.1. The molecule has 0 aliphatic heterocycles. The average Bonchev–Trinajstić information content (AvgIpc) is 2.45. The Kier molecular flexibility index (Phi) is 7.02. The lowest BCUT2D eigenvalue weighted by Crippen LogP contribution is -2.28. The maximum atomic E-state index is 12.2.